The van der Waals surface area contributed by atoms with Crippen molar-refractivity contribution >= 4 is 42.5 Å². The van der Waals surface area contributed by atoms with Gasteiger partial charge in [0, 0.05) is 23.7 Å². The highest BCUT2D eigenvalue weighted by atomic mass is 32.2. The van der Waals surface area contributed by atoms with Crippen molar-refractivity contribution in [3.05, 3.63) is 48.3 Å². The number of nitrogens with zero attached hydrogens (tertiary/aromatic N) is 2. The molecule has 3 unspecified atom stereocenters. The summed E-state index contributed by atoms with van der Waals surface area (Å²) in [7, 11) is -7.10. The Bertz CT molecular complexity index is 1460. The molecule has 188 valence electrons. The van der Waals surface area contributed by atoms with Gasteiger partial charge in [-0.15, -0.1) is 0 Å². The number of rotatable bonds is 8. The summed E-state index contributed by atoms with van der Waals surface area (Å²) in [6.07, 6.45) is 6.69. The molecule has 0 amide bonds. The van der Waals surface area contributed by atoms with Crippen LogP contribution in [-0.4, -0.2) is 43.1 Å². The molecule has 3 atom stereocenters. The second-order valence-corrected chi connectivity index (χ2v) is 13.5. The van der Waals surface area contributed by atoms with Gasteiger partial charge < -0.3 is 11.1 Å². The maximum absolute atomic E-state index is 13.3. The van der Waals surface area contributed by atoms with Crippen LogP contribution >= 0.6 is 0 Å². The first kappa shape index (κ1) is 24.1. The maximum Gasteiger partial charge on any atom is 0.269 e. The normalized spacial score (nSPS) is 23.1. The minimum atomic E-state index is -3.83. The van der Waals surface area contributed by atoms with Gasteiger partial charge in [-0.25, -0.2) is 30.5 Å². The van der Waals surface area contributed by atoms with E-state index in [-0.39, 0.29) is 28.1 Å². The Morgan fingerprint density at radius 2 is 1.80 bits per heavy atom. The third-order valence-electron chi connectivity index (χ3n) is 7.13. The fourth-order valence-corrected chi connectivity index (χ4v) is 7.91. The minimum Gasteiger partial charge on any atom is -0.396 e. The summed E-state index contributed by atoms with van der Waals surface area (Å²) in [5.41, 5.74) is 8.59. The Morgan fingerprint density at radius 1 is 1.09 bits per heavy atom. The van der Waals surface area contributed by atoms with Crippen molar-refractivity contribution in [3.63, 3.8) is 0 Å². The maximum atomic E-state index is 13.3. The largest absolute Gasteiger partial charge is 0.396 e. The standard InChI is InChI=1S/C24H31N5O4S2/c1-3-16-12-17(28-34(30,31)18-8-9-18)13-22(16)27-23-20-10-11-29(24(20)26-14-21(23)25)35(32,33)19-6-4-15(2)5-7-19/h4-7,10-11,14,16-18,22,28H,3,8-9,12-13,25H2,1-2H3,(H,26,27). The Balaban J connectivity index is 1.44. The number of fused-ring (bicyclic) bond motifs is 1. The molecule has 0 aliphatic heterocycles. The van der Waals surface area contributed by atoms with Gasteiger partial charge in [-0.05, 0) is 56.7 Å². The molecule has 2 heterocycles. The monoisotopic (exact) mass is 517 g/mol. The van der Waals surface area contributed by atoms with Crippen molar-refractivity contribution in [1.29, 1.82) is 0 Å². The van der Waals surface area contributed by atoms with E-state index in [1.807, 2.05) is 6.92 Å². The van der Waals surface area contributed by atoms with E-state index in [1.54, 1.807) is 30.3 Å². The number of nitrogen functional groups attached to an aromatic ring is 1. The van der Waals surface area contributed by atoms with E-state index in [2.05, 4.69) is 21.9 Å². The number of anilines is 2. The predicted molar refractivity (Wildman–Crippen MR) is 137 cm³/mol. The number of hydrogen-bond donors (Lipinski definition) is 3. The molecule has 35 heavy (non-hydrogen) atoms. The van der Waals surface area contributed by atoms with Crippen molar-refractivity contribution in [3.8, 4) is 0 Å². The number of benzene rings is 1. The molecule has 4 N–H and O–H groups in total. The zero-order valence-corrected chi connectivity index (χ0v) is 21.4. The summed E-state index contributed by atoms with van der Waals surface area (Å²) in [6, 6.07) is 8.26. The number of pyridine rings is 1. The fraction of sp³-hybridized carbons (Fsp3) is 0.458. The van der Waals surface area contributed by atoms with Crippen molar-refractivity contribution in [1.82, 2.24) is 13.7 Å². The first-order chi connectivity index (χ1) is 16.6. The van der Waals surface area contributed by atoms with Crippen LogP contribution in [0.4, 0.5) is 11.4 Å². The van der Waals surface area contributed by atoms with Crippen LogP contribution in [0.5, 0.6) is 0 Å². The van der Waals surface area contributed by atoms with Gasteiger partial charge in [0.25, 0.3) is 10.0 Å². The van der Waals surface area contributed by atoms with Gasteiger partial charge in [-0.3, -0.25) is 0 Å². The molecule has 11 heteroatoms. The molecule has 0 radical (unpaired) electrons. The van der Waals surface area contributed by atoms with Crippen LogP contribution < -0.4 is 15.8 Å². The Morgan fingerprint density at radius 3 is 2.46 bits per heavy atom. The second kappa shape index (κ2) is 8.79. The fourth-order valence-electron chi connectivity index (χ4n) is 5.00. The van der Waals surface area contributed by atoms with E-state index < -0.39 is 20.0 Å². The van der Waals surface area contributed by atoms with E-state index in [1.165, 1.54) is 16.4 Å². The predicted octanol–water partition coefficient (Wildman–Crippen LogP) is 3.21. The summed E-state index contributed by atoms with van der Waals surface area (Å²) in [6.45, 7) is 3.99. The number of aromatic nitrogens is 2. The minimum absolute atomic E-state index is 0.00291. The summed E-state index contributed by atoms with van der Waals surface area (Å²) >= 11 is 0. The molecule has 2 aliphatic rings. The van der Waals surface area contributed by atoms with E-state index in [9.17, 15) is 16.8 Å². The summed E-state index contributed by atoms with van der Waals surface area (Å²) in [4.78, 5) is 4.52. The second-order valence-electron chi connectivity index (χ2n) is 9.71. The SMILES string of the molecule is CCC1CC(NS(=O)(=O)C2CC2)CC1Nc1c(N)cnc2c1ccn2S(=O)(=O)c1ccc(C)cc1. The van der Waals surface area contributed by atoms with Crippen LogP contribution in [0, 0.1) is 12.8 Å². The average Bonchev–Trinajstić information content (AvgIpc) is 3.48. The van der Waals surface area contributed by atoms with Crippen molar-refractivity contribution < 1.29 is 16.8 Å². The molecule has 0 saturated heterocycles. The zero-order valence-electron chi connectivity index (χ0n) is 19.8. The quantitative estimate of drug-likeness (QED) is 0.417. The summed E-state index contributed by atoms with van der Waals surface area (Å²) in [5, 5.41) is 3.88. The van der Waals surface area contributed by atoms with Gasteiger partial charge in [0.2, 0.25) is 10.0 Å². The van der Waals surface area contributed by atoms with E-state index in [0.29, 0.717) is 28.8 Å². The Kier molecular flexibility index (Phi) is 6.05. The highest BCUT2D eigenvalue weighted by Crippen LogP contribution is 2.37. The third-order valence-corrected chi connectivity index (χ3v) is 10.8. The smallest absolute Gasteiger partial charge is 0.269 e. The van der Waals surface area contributed by atoms with Crippen molar-refractivity contribution in [2.24, 2.45) is 5.92 Å². The number of sulfonamides is 1. The van der Waals surface area contributed by atoms with Crippen LogP contribution in [0.25, 0.3) is 11.0 Å². The lowest BCUT2D eigenvalue weighted by molar-refractivity contribution is 0.480. The first-order valence-corrected chi connectivity index (χ1v) is 14.9. The molecule has 0 spiro atoms. The van der Waals surface area contributed by atoms with Gasteiger partial charge in [-0.1, -0.05) is 31.0 Å². The Labute approximate surface area is 206 Å². The molecule has 9 nitrogen and oxygen atoms in total. The molecule has 2 aliphatic carbocycles. The lowest BCUT2D eigenvalue weighted by Crippen LogP contribution is -2.36. The first-order valence-electron chi connectivity index (χ1n) is 12.0. The highest BCUT2D eigenvalue weighted by Gasteiger charge is 2.41. The topological polar surface area (TPSA) is 136 Å². The van der Waals surface area contributed by atoms with E-state index >= 15 is 0 Å². The van der Waals surface area contributed by atoms with Crippen molar-refractivity contribution in [2.75, 3.05) is 11.1 Å². The van der Waals surface area contributed by atoms with Gasteiger partial charge in [-0.2, -0.15) is 0 Å². The average molecular weight is 518 g/mol. The molecule has 0 bridgehead atoms. The zero-order chi connectivity index (χ0) is 25.0. The summed E-state index contributed by atoms with van der Waals surface area (Å²) in [5.74, 6) is 0.253. The van der Waals surface area contributed by atoms with Crippen LogP contribution in [0.2, 0.25) is 0 Å². The number of aryl methyl sites for hydroxylation is 1. The van der Waals surface area contributed by atoms with Crippen LogP contribution in [0.1, 0.15) is 44.6 Å². The molecular weight excluding hydrogens is 486 g/mol. The van der Waals surface area contributed by atoms with Gasteiger partial charge in [0.05, 0.1) is 27.7 Å². The summed E-state index contributed by atoms with van der Waals surface area (Å²) < 4.78 is 55.6. The number of nitrogens with one attached hydrogen (secondary N) is 2. The van der Waals surface area contributed by atoms with Crippen LogP contribution in [0.3, 0.4) is 0 Å². The van der Waals surface area contributed by atoms with Gasteiger partial charge >= 0.3 is 0 Å². The van der Waals surface area contributed by atoms with E-state index in [4.69, 9.17) is 5.73 Å². The molecule has 5 rings (SSSR count). The number of hydrogen-bond acceptors (Lipinski definition) is 7. The van der Waals surface area contributed by atoms with Crippen LogP contribution in [0.15, 0.2) is 47.6 Å². The van der Waals surface area contributed by atoms with Crippen LogP contribution in [-0.2, 0) is 20.0 Å². The molecule has 1 aromatic carbocycles. The van der Waals surface area contributed by atoms with Gasteiger partial charge in [0.15, 0.2) is 5.65 Å². The molecule has 2 fully saturated rings. The highest BCUT2D eigenvalue weighted by molar-refractivity contribution is 7.90. The van der Waals surface area contributed by atoms with E-state index in [0.717, 1.165) is 31.2 Å². The Hall–Kier alpha value is -2.63. The third kappa shape index (κ3) is 4.52. The number of nitrogens with two attached hydrogens (primary N) is 1. The molecule has 2 aromatic heterocycles. The molecule has 2 saturated carbocycles. The van der Waals surface area contributed by atoms with Gasteiger partial charge in [0.1, 0.15) is 0 Å². The lowest BCUT2D eigenvalue weighted by Gasteiger charge is -2.22. The van der Waals surface area contributed by atoms with Crippen molar-refractivity contribution in [2.45, 2.75) is 68.2 Å². The molecule has 3 aromatic rings. The molecular formula is C24H31N5O4S2. The lowest BCUT2D eigenvalue weighted by atomic mass is 10.00.